The van der Waals surface area contributed by atoms with Crippen molar-refractivity contribution < 1.29 is 9.53 Å². The molecule has 0 aliphatic rings. The topological polar surface area (TPSA) is 73.9 Å². The van der Waals surface area contributed by atoms with Crippen LogP contribution in [0.4, 0.5) is 0 Å². The van der Waals surface area contributed by atoms with Gasteiger partial charge < -0.3 is 4.74 Å². The van der Waals surface area contributed by atoms with E-state index in [1.165, 1.54) is 11.3 Å². The van der Waals surface area contributed by atoms with Crippen LogP contribution in [0.1, 0.15) is 31.9 Å². The Labute approximate surface area is 171 Å². The molecule has 4 rings (SSSR count). The third kappa shape index (κ3) is 3.73. The number of hydrogen-bond acceptors (Lipinski definition) is 5. The Hall–Kier alpha value is -3.93. The van der Waals surface area contributed by atoms with Gasteiger partial charge >= 0.3 is 0 Å². The van der Waals surface area contributed by atoms with E-state index >= 15 is 0 Å². The smallest absolute Gasteiger partial charge is 0.206 e. The maximum atomic E-state index is 13.1. The van der Waals surface area contributed by atoms with Gasteiger partial charge in [0.25, 0.3) is 0 Å². The Morgan fingerprint density at radius 1 is 0.862 bits per heavy atom. The molecule has 0 bridgehead atoms. The second kappa shape index (κ2) is 7.98. The van der Waals surface area contributed by atoms with Crippen LogP contribution in [0, 0.1) is 22.7 Å². The molecule has 0 aliphatic heterocycles. The van der Waals surface area contributed by atoms with Gasteiger partial charge in [-0.1, -0.05) is 24.3 Å². The van der Waals surface area contributed by atoms with Crippen LogP contribution in [0.2, 0.25) is 0 Å². The molecule has 138 valence electrons. The Balaban J connectivity index is 1.69. The van der Waals surface area contributed by atoms with Gasteiger partial charge in [0.1, 0.15) is 17.2 Å². The highest BCUT2D eigenvalue weighted by molar-refractivity contribution is 7.21. The fourth-order valence-corrected chi connectivity index (χ4v) is 4.08. The minimum absolute atomic E-state index is 0.134. The predicted octanol–water partition coefficient (Wildman–Crippen LogP) is 5.45. The first-order chi connectivity index (χ1) is 14.2. The lowest BCUT2D eigenvalue weighted by molar-refractivity contribution is 0.103. The molecule has 0 amide bonds. The van der Waals surface area contributed by atoms with Crippen LogP contribution < -0.4 is 4.74 Å². The highest BCUT2D eigenvalue weighted by atomic mass is 32.1. The fraction of sp³-hybridized carbons (Fsp3) is 0.0417. The number of nitriles is 2. The highest BCUT2D eigenvalue weighted by Gasteiger charge is 2.21. The van der Waals surface area contributed by atoms with Crippen LogP contribution in [0.3, 0.4) is 0 Å². The molecule has 4 nitrogen and oxygen atoms in total. The first-order valence-corrected chi connectivity index (χ1v) is 9.69. The minimum Gasteiger partial charge on any atom is -0.487 e. The average Bonchev–Trinajstić information content (AvgIpc) is 3.16. The standard InChI is InChI=1S/C24H14N2O2S/c25-13-16-5-7-18(8-6-16)15-28-23-20-3-1-2-4-21(20)29-24(23)22(27)19-11-9-17(14-26)10-12-19/h1-12H,15H2. The van der Waals surface area contributed by atoms with Crippen molar-refractivity contribution in [2.24, 2.45) is 0 Å². The van der Waals surface area contributed by atoms with Crippen molar-refractivity contribution in [1.82, 2.24) is 0 Å². The number of nitrogens with zero attached hydrogens (tertiary/aromatic N) is 2. The predicted molar refractivity (Wildman–Crippen MR) is 112 cm³/mol. The number of hydrogen-bond donors (Lipinski definition) is 0. The first-order valence-electron chi connectivity index (χ1n) is 8.88. The molecule has 0 N–H and O–H groups in total. The Kier molecular flexibility index (Phi) is 5.07. The lowest BCUT2D eigenvalue weighted by Gasteiger charge is -2.08. The summed E-state index contributed by atoms with van der Waals surface area (Å²) < 4.78 is 7.06. The molecule has 1 heterocycles. The Bertz CT molecular complexity index is 1270. The molecule has 0 atom stereocenters. The second-order valence-corrected chi connectivity index (χ2v) is 7.42. The van der Waals surface area contributed by atoms with E-state index in [9.17, 15) is 4.79 Å². The third-order valence-corrected chi connectivity index (χ3v) is 5.65. The van der Waals surface area contributed by atoms with Crippen LogP contribution in [0.5, 0.6) is 5.75 Å². The number of ether oxygens (including phenoxy) is 1. The van der Waals surface area contributed by atoms with E-state index in [1.54, 1.807) is 36.4 Å². The van der Waals surface area contributed by atoms with E-state index in [-0.39, 0.29) is 5.78 Å². The van der Waals surface area contributed by atoms with Crippen LogP contribution >= 0.6 is 11.3 Å². The summed E-state index contributed by atoms with van der Waals surface area (Å²) in [6.07, 6.45) is 0. The van der Waals surface area contributed by atoms with Crippen molar-refractivity contribution in [3.63, 3.8) is 0 Å². The number of thiophene rings is 1. The Morgan fingerprint density at radius 2 is 1.48 bits per heavy atom. The molecule has 0 radical (unpaired) electrons. The lowest BCUT2D eigenvalue weighted by Crippen LogP contribution is -2.03. The quantitative estimate of drug-likeness (QED) is 0.422. The molecule has 0 fully saturated rings. The summed E-state index contributed by atoms with van der Waals surface area (Å²) >= 11 is 1.40. The largest absolute Gasteiger partial charge is 0.487 e. The third-order valence-electron chi connectivity index (χ3n) is 4.50. The van der Waals surface area contributed by atoms with Crippen molar-refractivity contribution in [2.45, 2.75) is 6.61 Å². The zero-order chi connectivity index (χ0) is 20.2. The van der Waals surface area contributed by atoms with Gasteiger partial charge in [-0.3, -0.25) is 4.79 Å². The molecule has 4 aromatic rings. The number of carbonyl (C=O) groups is 1. The molecular formula is C24H14N2O2S. The summed E-state index contributed by atoms with van der Waals surface area (Å²) in [7, 11) is 0. The SMILES string of the molecule is N#Cc1ccc(COc2c(C(=O)c3ccc(C#N)cc3)sc3ccccc23)cc1. The lowest BCUT2D eigenvalue weighted by atomic mass is 10.1. The number of fused-ring (bicyclic) bond motifs is 1. The van der Waals surface area contributed by atoms with Gasteiger partial charge in [-0.15, -0.1) is 11.3 Å². The van der Waals surface area contributed by atoms with Gasteiger partial charge in [0.15, 0.2) is 0 Å². The number of ketones is 1. The van der Waals surface area contributed by atoms with Gasteiger partial charge in [-0.05, 0) is 54.1 Å². The van der Waals surface area contributed by atoms with Gasteiger partial charge in [0.05, 0.1) is 23.3 Å². The molecule has 1 aromatic heterocycles. The number of benzene rings is 3. The highest BCUT2D eigenvalue weighted by Crippen LogP contribution is 2.39. The van der Waals surface area contributed by atoms with Crippen LogP contribution in [0.15, 0.2) is 72.8 Å². The molecule has 0 saturated carbocycles. The van der Waals surface area contributed by atoms with E-state index in [0.29, 0.717) is 33.9 Å². The zero-order valence-corrected chi connectivity index (χ0v) is 16.1. The summed E-state index contributed by atoms with van der Waals surface area (Å²) in [5.41, 5.74) is 2.52. The fourth-order valence-electron chi connectivity index (χ4n) is 2.97. The Morgan fingerprint density at radius 3 is 2.14 bits per heavy atom. The summed E-state index contributed by atoms with van der Waals surface area (Å²) in [5.74, 6) is 0.426. The second-order valence-electron chi connectivity index (χ2n) is 6.37. The van der Waals surface area contributed by atoms with Crippen molar-refractivity contribution >= 4 is 27.2 Å². The molecule has 0 aliphatic carbocycles. The van der Waals surface area contributed by atoms with Crippen LogP contribution in [-0.4, -0.2) is 5.78 Å². The number of carbonyl (C=O) groups excluding carboxylic acids is 1. The van der Waals surface area contributed by atoms with Crippen molar-refractivity contribution in [2.75, 3.05) is 0 Å². The summed E-state index contributed by atoms with van der Waals surface area (Å²) in [4.78, 5) is 13.7. The molecule has 0 spiro atoms. The van der Waals surface area contributed by atoms with E-state index in [2.05, 4.69) is 12.1 Å². The van der Waals surface area contributed by atoms with E-state index in [4.69, 9.17) is 15.3 Å². The zero-order valence-electron chi connectivity index (χ0n) is 15.3. The number of rotatable bonds is 5. The monoisotopic (exact) mass is 394 g/mol. The van der Waals surface area contributed by atoms with Crippen molar-refractivity contribution in [1.29, 1.82) is 10.5 Å². The van der Waals surface area contributed by atoms with E-state index in [1.807, 2.05) is 36.4 Å². The maximum Gasteiger partial charge on any atom is 0.206 e. The molecular weight excluding hydrogens is 380 g/mol. The van der Waals surface area contributed by atoms with Gasteiger partial charge in [0.2, 0.25) is 5.78 Å². The van der Waals surface area contributed by atoms with Crippen molar-refractivity contribution in [3.8, 4) is 17.9 Å². The average molecular weight is 394 g/mol. The van der Waals surface area contributed by atoms with Gasteiger partial charge in [0, 0.05) is 15.6 Å². The maximum absolute atomic E-state index is 13.1. The molecule has 3 aromatic carbocycles. The summed E-state index contributed by atoms with van der Waals surface area (Å²) in [6.45, 7) is 0.292. The van der Waals surface area contributed by atoms with Crippen LogP contribution in [-0.2, 0) is 6.61 Å². The summed E-state index contributed by atoms with van der Waals surface area (Å²) in [6, 6.07) is 25.7. The molecule has 0 saturated heterocycles. The van der Waals surface area contributed by atoms with Crippen LogP contribution in [0.25, 0.3) is 10.1 Å². The van der Waals surface area contributed by atoms with E-state index in [0.717, 1.165) is 15.6 Å². The first kappa shape index (κ1) is 18.4. The van der Waals surface area contributed by atoms with E-state index < -0.39 is 0 Å². The summed E-state index contributed by atoms with van der Waals surface area (Å²) in [5, 5.41) is 18.8. The van der Waals surface area contributed by atoms with Crippen molar-refractivity contribution in [3.05, 3.63) is 99.9 Å². The normalized spacial score (nSPS) is 10.3. The molecule has 5 heteroatoms. The molecule has 0 unspecified atom stereocenters. The molecule has 29 heavy (non-hydrogen) atoms. The minimum atomic E-state index is -0.134. The van der Waals surface area contributed by atoms with Gasteiger partial charge in [-0.25, -0.2) is 0 Å². The van der Waals surface area contributed by atoms with Gasteiger partial charge in [-0.2, -0.15) is 10.5 Å².